The Morgan fingerprint density at radius 2 is 2.35 bits per heavy atom. The minimum atomic E-state index is 0.0127. The molecule has 1 fully saturated rings. The molecule has 2 nitrogen and oxygen atoms in total. The molecule has 1 aliphatic rings. The fraction of sp³-hybridized carbons (Fsp3) is 0.417. The van der Waals surface area contributed by atoms with E-state index in [4.69, 9.17) is 11.6 Å². The number of amides is 1. The highest BCUT2D eigenvalue weighted by atomic mass is 35.5. The van der Waals surface area contributed by atoms with Gasteiger partial charge >= 0.3 is 0 Å². The fourth-order valence-electron chi connectivity index (χ4n) is 1.86. The Kier molecular flexibility index (Phi) is 4.28. The van der Waals surface area contributed by atoms with Crippen molar-refractivity contribution in [2.75, 3.05) is 18.1 Å². The van der Waals surface area contributed by atoms with Gasteiger partial charge in [-0.2, -0.15) is 11.8 Å². The highest BCUT2D eigenvalue weighted by Crippen LogP contribution is 2.24. The number of carbonyl (C=O) groups is 1. The van der Waals surface area contributed by atoms with Gasteiger partial charge in [-0.25, -0.2) is 0 Å². The van der Waals surface area contributed by atoms with Gasteiger partial charge in [0.15, 0.2) is 0 Å². The molecular weight excluding hydrogens is 274 g/mol. The third-order valence-electron chi connectivity index (χ3n) is 2.81. The van der Waals surface area contributed by atoms with Crippen molar-refractivity contribution >= 4 is 41.9 Å². The highest BCUT2D eigenvalue weighted by Gasteiger charge is 2.25. The molecule has 1 saturated heterocycles. The van der Waals surface area contributed by atoms with E-state index >= 15 is 0 Å². The van der Waals surface area contributed by atoms with Crippen molar-refractivity contribution in [1.29, 1.82) is 0 Å². The number of hydrogen-bond acceptors (Lipinski definition) is 3. The molecule has 2 rings (SSSR count). The van der Waals surface area contributed by atoms with Crippen LogP contribution < -0.4 is 0 Å². The number of rotatable bonds is 1. The van der Waals surface area contributed by atoms with Crippen LogP contribution in [0.2, 0.25) is 5.02 Å². The number of thiol groups is 1. The zero-order valence-corrected chi connectivity index (χ0v) is 12.0. The van der Waals surface area contributed by atoms with E-state index in [1.807, 2.05) is 16.7 Å². The van der Waals surface area contributed by atoms with Gasteiger partial charge in [0.25, 0.3) is 5.91 Å². The van der Waals surface area contributed by atoms with Crippen LogP contribution in [0, 0.1) is 0 Å². The molecule has 0 aliphatic carbocycles. The summed E-state index contributed by atoms with van der Waals surface area (Å²) in [5.74, 6) is 2.00. The molecule has 1 atom stereocenters. The van der Waals surface area contributed by atoms with Gasteiger partial charge in [0, 0.05) is 29.0 Å². The maximum absolute atomic E-state index is 12.4. The van der Waals surface area contributed by atoms with E-state index in [2.05, 4.69) is 19.6 Å². The molecular formula is C12H14ClNOS2. The van der Waals surface area contributed by atoms with Crippen molar-refractivity contribution < 1.29 is 4.79 Å². The van der Waals surface area contributed by atoms with Crippen LogP contribution in [-0.4, -0.2) is 34.9 Å². The Bertz CT molecular complexity index is 439. The van der Waals surface area contributed by atoms with Crippen LogP contribution in [0.25, 0.3) is 0 Å². The summed E-state index contributed by atoms with van der Waals surface area (Å²) in [4.78, 5) is 15.0. The van der Waals surface area contributed by atoms with E-state index in [0.717, 1.165) is 22.9 Å². The van der Waals surface area contributed by atoms with Crippen LogP contribution in [0.4, 0.5) is 0 Å². The standard InChI is InChI=1S/C12H14ClNOS2/c1-8-7-17-5-4-14(8)12(15)10-6-9(16)2-3-11(10)13/h2-3,6,8,16H,4-5,7H2,1H3. The van der Waals surface area contributed by atoms with Crippen molar-refractivity contribution in [2.24, 2.45) is 0 Å². The van der Waals surface area contributed by atoms with Crippen LogP contribution in [0.15, 0.2) is 23.1 Å². The molecule has 1 aliphatic heterocycles. The first-order valence-electron chi connectivity index (χ1n) is 5.47. The number of halogens is 1. The zero-order valence-electron chi connectivity index (χ0n) is 9.52. The molecule has 0 spiro atoms. The number of thioether (sulfide) groups is 1. The number of carbonyl (C=O) groups excluding carboxylic acids is 1. The lowest BCUT2D eigenvalue weighted by molar-refractivity contribution is 0.0716. The lowest BCUT2D eigenvalue weighted by Gasteiger charge is -2.33. The van der Waals surface area contributed by atoms with Gasteiger partial charge in [-0.15, -0.1) is 12.6 Å². The topological polar surface area (TPSA) is 20.3 Å². The lowest BCUT2D eigenvalue weighted by atomic mass is 10.1. The Labute approximate surface area is 116 Å². The van der Waals surface area contributed by atoms with Crippen LogP contribution in [0.5, 0.6) is 0 Å². The molecule has 1 unspecified atom stereocenters. The summed E-state index contributed by atoms with van der Waals surface area (Å²) in [6, 6.07) is 5.52. The minimum absolute atomic E-state index is 0.0127. The van der Waals surface area contributed by atoms with Gasteiger partial charge in [-0.05, 0) is 25.1 Å². The average Bonchev–Trinajstić information content (AvgIpc) is 2.32. The molecule has 1 aromatic rings. The van der Waals surface area contributed by atoms with E-state index in [1.165, 1.54) is 0 Å². The molecule has 0 aromatic heterocycles. The summed E-state index contributed by atoms with van der Waals surface area (Å²) in [7, 11) is 0. The largest absolute Gasteiger partial charge is 0.334 e. The first-order chi connectivity index (χ1) is 8.09. The van der Waals surface area contributed by atoms with E-state index in [-0.39, 0.29) is 11.9 Å². The maximum atomic E-state index is 12.4. The molecule has 92 valence electrons. The summed E-state index contributed by atoms with van der Waals surface area (Å²) < 4.78 is 0. The lowest BCUT2D eigenvalue weighted by Crippen LogP contribution is -2.44. The van der Waals surface area contributed by atoms with Gasteiger partial charge in [0.05, 0.1) is 10.6 Å². The van der Waals surface area contributed by atoms with E-state index in [9.17, 15) is 4.79 Å². The van der Waals surface area contributed by atoms with Gasteiger partial charge in [0.1, 0.15) is 0 Å². The molecule has 1 amide bonds. The van der Waals surface area contributed by atoms with Crippen molar-refractivity contribution in [1.82, 2.24) is 4.90 Å². The van der Waals surface area contributed by atoms with Crippen LogP contribution in [0.3, 0.4) is 0 Å². The summed E-state index contributed by atoms with van der Waals surface area (Å²) in [5, 5.41) is 0.498. The monoisotopic (exact) mass is 287 g/mol. The van der Waals surface area contributed by atoms with Gasteiger partial charge in [0.2, 0.25) is 0 Å². The first-order valence-corrected chi connectivity index (χ1v) is 7.45. The predicted octanol–water partition coefficient (Wildman–Crippen LogP) is 3.21. The molecule has 0 radical (unpaired) electrons. The summed E-state index contributed by atoms with van der Waals surface area (Å²) in [6.45, 7) is 2.86. The average molecular weight is 288 g/mol. The second-order valence-electron chi connectivity index (χ2n) is 4.09. The van der Waals surface area contributed by atoms with Gasteiger partial charge < -0.3 is 4.90 Å². The Morgan fingerprint density at radius 3 is 3.06 bits per heavy atom. The molecule has 1 heterocycles. The number of nitrogens with zero attached hydrogens (tertiary/aromatic N) is 1. The molecule has 5 heteroatoms. The minimum Gasteiger partial charge on any atom is -0.334 e. The van der Waals surface area contributed by atoms with E-state index in [0.29, 0.717) is 10.6 Å². The van der Waals surface area contributed by atoms with Crippen molar-refractivity contribution in [2.45, 2.75) is 17.9 Å². The third-order valence-corrected chi connectivity index (χ3v) is 4.61. The Balaban J connectivity index is 2.26. The smallest absolute Gasteiger partial charge is 0.255 e. The van der Waals surface area contributed by atoms with Crippen molar-refractivity contribution in [3.05, 3.63) is 28.8 Å². The predicted molar refractivity (Wildman–Crippen MR) is 76.5 cm³/mol. The Hall–Kier alpha value is -0.320. The summed E-state index contributed by atoms with van der Waals surface area (Å²) in [6.07, 6.45) is 0. The molecule has 0 saturated carbocycles. The molecule has 0 bridgehead atoms. The van der Waals surface area contributed by atoms with E-state index < -0.39 is 0 Å². The highest BCUT2D eigenvalue weighted by molar-refractivity contribution is 7.99. The summed E-state index contributed by atoms with van der Waals surface area (Å²) in [5.41, 5.74) is 0.554. The summed E-state index contributed by atoms with van der Waals surface area (Å²) >= 11 is 12.2. The Morgan fingerprint density at radius 1 is 1.59 bits per heavy atom. The van der Waals surface area contributed by atoms with Crippen LogP contribution in [0.1, 0.15) is 17.3 Å². The van der Waals surface area contributed by atoms with Crippen molar-refractivity contribution in [3.63, 3.8) is 0 Å². The second-order valence-corrected chi connectivity index (χ2v) is 6.16. The normalized spacial score (nSPS) is 20.4. The quantitative estimate of drug-likeness (QED) is 0.801. The third kappa shape index (κ3) is 2.92. The number of benzene rings is 1. The molecule has 0 N–H and O–H groups in total. The van der Waals surface area contributed by atoms with E-state index in [1.54, 1.807) is 18.2 Å². The zero-order chi connectivity index (χ0) is 12.4. The van der Waals surface area contributed by atoms with Gasteiger partial charge in [-0.3, -0.25) is 4.79 Å². The van der Waals surface area contributed by atoms with Gasteiger partial charge in [-0.1, -0.05) is 11.6 Å². The van der Waals surface area contributed by atoms with Crippen LogP contribution >= 0.6 is 36.0 Å². The maximum Gasteiger partial charge on any atom is 0.255 e. The SMILES string of the molecule is CC1CSCCN1C(=O)c1cc(S)ccc1Cl. The van der Waals surface area contributed by atoms with Crippen molar-refractivity contribution in [3.8, 4) is 0 Å². The first kappa shape index (κ1) is 13.1. The molecule has 1 aromatic carbocycles. The number of hydrogen-bond donors (Lipinski definition) is 1. The van der Waals surface area contributed by atoms with Crippen LogP contribution in [-0.2, 0) is 0 Å². The fourth-order valence-corrected chi connectivity index (χ4v) is 3.28. The second kappa shape index (κ2) is 5.55. The molecule has 17 heavy (non-hydrogen) atoms.